The van der Waals surface area contributed by atoms with Crippen LogP contribution in [0.15, 0.2) is 42.7 Å². The molecule has 1 unspecified atom stereocenters. The Morgan fingerprint density at radius 2 is 2.12 bits per heavy atom. The quantitative estimate of drug-likeness (QED) is 0.890. The zero-order chi connectivity index (χ0) is 12.5. The van der Waals surface area contributed by atoms with Gasteiger partial charge >= 0.3 is 0 Å². The van der Waals surface area contributed by atoms with Crippen LogP contribution in [0.1, 0.15) is 18.1 Å². The third-order valence-corrected chi connectivity index (χ3v) is 2.91. The summed E-state index contributed by atoms with van der Waals surface area (Å²) in [5.74, 6) is -0.536. The average Bonchev–Trinajstić information content (AvgIpc) is 2.29. The molecule has 1 N–H and O–H groups in total. The van der Waals surface area contributed by atoms with Crippen molar-refractivity contribution < 1.29 is 9.50 Å². The third-order valence-electron chi connectivity index (χ3n) is 2.68. The van der Waals surface area contributed by atoms with E-state index < -0.39 is 11.4 Å². The van der Waals surface area contributed by atoms with Crippen molar-refractivity contribution in [1.82, 2.24) is 4.98 Å². The van der Waals surface area contributed by atoms with Crippen molar-refractivity contribution in [3.05, 3.63) is 64.7 Å². The molecule has 0 aliphatic rings. The molecular weight excluding hydrogens is 241 g/mol. The summed E-state index contributed by atoms with van der Waals surface area (Å²) < 4.78 is 13.8. The van der Waals surface area contributed by atoms with Crippen LogP contribution in [0.25, 0.3) is 0 Å². The molecule has 0 amide bonds. The molecule has 17 heavy (non-hydrogen) atoms. The summed E-state index contributed by atoms with van der Waals surface area (Å²) in [4.78, 5) is 3.92. The summed E-state index contributed by atoms with van der Waals surface area (Å²) in [6.45, 7) is 1.52. The Hall–Kier alpha value is -1.45. The zero-order valence-electron chi connectivity index (χ0n) is 9.19. The van der Waals surface area contributed by atoms with Gasteiger partial charge in [-0.25, -0.2) is 4.39 Å². The Bertz CT molecular complexity index is 528. The van der Waals surface area contributed by atoms with E-state index in [4.69, 9.17) is 11.6 Å². The fraction of sp³-hybridized carbons (Fsp3) is 0.154. The molecule has 4 heteroatoms. The maximum atomic E-state index is 13.8. The smallest absolute Gasteiger partial charge is 0.131 e. The second-order valence-corrected chi connectivity index (χ2v) is 4.37. The number of benzene rings is 1. The monoisotopic (exact) mass is 251 g/mol. The van der Waals surface area contributed by atoms with E-state index in [0.29, 0.717) is 10.6 Å². The summed E-state index contributed by atoms with van der Waals surface area (Å²) in [5, 5.41) is 10.7. The fourth-order valence-corrected chi connectivity index (χ4v) is 1.85. The van der Waals surface area contributed by atoms with Crippen LogP contribution in [-0.2, 0) is 5.60 Å². The van der Waals surface area contributed by atoms with E-state index in [0.717, 1.165) is 0 Å². The van der Waals surface area contributed by atoms with Gasteiger partial charge in [-0.15, -0.1) is 0 Å². The van der Waals surface area contributed by atoms with E-state index >= 15 is 0 Å². The lowest BCUT2D eigenvalue weighted by Gasteiger charge is -2.24. The highest BCUT2D eigenvalue weighted by Crippen LogP contribution is 2.31. The molecule has 0 aliphatic heterocycles. The molecule has 88 valence electrons. The number of aromatic nitrogens is 1. The molecule has 2 nitrogen and oxygen atoms in total. The van der Waals surface area contributed by atoms with E-state index in [1.54, 1.807) is 24.4 Å². The van der Waals surface area contributed by atoms with E-state index in [-0.39, 0.29) is 5.56 Å². The van der Waals surface area contributed by atoms with Crippen LogP contribution in [0.5, 0.6) is 0 Å². The minimum atomic E-state index is -1.43. The SMILES string of the molecule is CC(O)(c1cccnc1)c1ccc(Cl)cc1F. The lowest BCUT2D eigenvalue weighted by Crippen LogP contribution is -2.24. The van der Waals surface area contributed by atoms with Crippen molar-refractivity contribution in [3.8, 4) is 0 Å². The van der Waals surface area contributed by atoms with E-state index in [2.05, 4.69) is 4.98 Å². The van der Waals surface area contributed by atoms with Gasteiger partial charge in [-0.05, 0) is 25.1 Å². The highest BCUT2D eigenvalue weighted by Gasteiger charge is 2.28. The standard InChI is InChI=1S/C13H11ClFNO/c1-13(17,9-3-2-6-16-8-9)11-5-4-10(14)7-12(11)15/h2-8,17H,1H3. The summed E-state index contributed by atoms with van der Waals surface area (Å²) in [6, 6.07) is 7.59. The lowest BCUT2D eigenvalue weighted by molar-refractivity contribution is 0.0976. The topological polar surface area (TPSA) is 33.1 Å². The van der Waals surface area contributed by atoms with E-state index in [9.17, 15) is 9.50 Å². The van der Waals surface area contributed by atoms with Crippen molar-refractivity contribution in [2.45, 2.75) is 12.5 Å². The van der Waals surface area contributed by atoms with Gasteiger partial charge in [0.05, 0.1) is 0 Å². The Morgan fingerprint density at radius 3 is 2.71 bits per heavy atom. The highest BCUT2D eigenvalue weighted by molar-refractivity contribution is 6.30. The van der Waals surface area contributed by atoms with Crippen LogP contribution in [0.3, 0.4) is 0 Å². The van der Waals surface area contributed by atoms with Crippen molar-refractivity contribution >= 4 is 11.6 Å². The summed E-state index contributed by atoms with van der Waals surface area (Å²) >= 11 is 5.68. The molecule has 0 bridgehead atoms. The van der Waals surface area contributed by atoms with Gasteiger partial charge in [-0.1, -0.05) is 23.7 Å². The minimum absolute atomic E-state index is 0.176. The first-order valence-electron chi connectivity index (χ1n) is 5.10. The van der Waals surface area contributed by atoms with Gasteiger partial charge in [-0.3, -0.25) is 4.98 Å². The number of hydrogen-bond acceptors (Lipinski definition) is 2. The molecule has 0 saturated heterocycles. The maximum Gasteiger partial charge on any atom is 0.131 e. The van der Waals surface area contributed by atoms with Crippen LogP contribution < -0.4 is 0 Å². The van der Waals surface area contributed by atoms with Crippen LogP contribution in [0, 0.1) is 5.82 Å². The lowest BCUT2D eigenvalue weighted by atomic mass is 9.89. The largest absolute Gasteiger partial charge is 0.381 e. The summed E-state index contributed by atoms with van der Waals surface area (Å²) in [7, 11) is 0. The first kappa shape index (κ1) is 12.0. The second kappa shape index (κ2) is 4.43. The molecule has 1 heterocycles. The van der Waals surface area contributed by atoms with Gasteiger partial charge in [0.1, 0.15) is 11.4 Å². The fourth-order valence-electron chi connectivity index (χ4n) is 1.69. The van der Waals surface area contributed by atoms with Crippen molar-refractivity contribution in [3.63, 3.8) is 0 Å². The molecule has 1 aromatic heterocycles. The summed E-state index contributed by atoms with van der Waals surface area (Å²) in [6.07, 6.45) is 3.10. The van der Waals surface area contributed by atoms with Crippen molar-refractivity contribution in [1.29, 1.82) is 0 Å². The van der Waals surface area contributed by atoms with Gasteiger partial charge in [-0.2, -0.15) is 0 Å². The molecule has 1 atom stereocenters. The number of pyridine rings is 1. The summed E-state index contributed by atoms with van der Waals surface area (Å²) in [5.41, 5.74) is -0.723. The molecule has 1 aromatic carbocycles. The van der Waals surface area contributed by atoms with Gasteiger partial charge in [0.25, 0.3) is 0 Å². The normalized spacial score (nSPS) is 14.4. The molecule has 0 aliphatic carbocycles. The number of hydrogen-bond donors (Lipinski definition) is 1. The third kappa shape index (κ3) is 2.30. The van der Waals surface area contributed by atoms with Gasteiger partial charge in [0.15, 0.2) is 0 Å². The Kier molecular flexibility index (Phi) is 3.13. The number of halogens is 2. The number of rotatable bonds is 2. The second-order valence-electron chi connectivity index (χ2n) is 3.94. The van der Waals surface area contributed by atoms with Crippen LogP contribution in [-0.4, -0.2) is 10.1 Å². The minimum Gasteiger partial charge on any atom is -0.381 e. The molecule has 2 aromatic rings. The van der Waals surface area contributed by atoms with Crippen LogP contribution in [0.4, 0.5) is 4.39 Å². The number of nitrogens with zero attached hydrogens (tertiary/aromatic N) is 1. The molecule has 0 fully saturated rings. The first-order valence-corrected chi connectivity index (χ1v) is 5.48. The molecule has 0 saturated carbocycles. The van der Waals surface area contributed by atoms with Gasteiger partial charge < -0.3 is 5.11 Å². The highest BCUT2D eigenvalue weighted by atomic mass is 35.5. The molecular formula is C13H11ClFNO. The molecule has 0 radical (unpaired) electrons. The number of aliphatic hydroxyl groups is 1. The van der Waals surface area contributed by atoms with Crippen LogP contribution in [0.2, 0.25) is 5.02 Å². The molecule has 0 spiro atoms. The predicted octanol–water partition coefficient (Wildman–Crippen LogP) is 3.13. The Labute approximate surface area is 104 Å². The van der Waals surface area contributed by atoms with E-state index in [1.807, 2.05) is 0 Å². The first-order chi connectivity index (χ1) is 8.01. The average molecular weight is 252 g/mol. The maximum absolute atomic E-state index is 13.8. The van der Waals surface area contributed by atoms with Crippen LogP contribution >= 0.6 is 11.6 Å². The predicted molar refractivity (Wildman–Crippen MR) is 64.3 cm³/mol. The van der Waals surface area contributed by atoms with Gasteiger partial charge in [0.2, 0.25) is 0 Å². The van der Waals surface area contributed by atoms with Crippen molar-refractivity contribution in [2.75, 3.05) is 0 Å². The Morgan fingerprint density at radius 1 is 1.35 bits per heavy atom. The Balaban J connectivity index is 2.52. The zero-order valence-corrected chi connectivity index (χ0v) is 9.95. The van der Waals surface area contributed by atoms with Crippen molar-refractivity contribution in [2.24, 2.45) is 0 Å². The molecule has 2 rings (SSSR count). The van der Waals surface area contributed by atoms with Gasteiger partial charge in [0, 0.05) is 28.5 Å². The van der Waals surface area contributed by atoms with E-state index in [1.165, 1.54) is 25.3 Å².